The number of Topliss-reactive ketones (excluding diaryl/α,β-unsaturated/α-hetero) is 1. The fraction of sp³-hybridized carbons (Fsp3) is 0.529. The van der Waals surface area contributed by atoms with Gasteiger partial charge in [0.2, 0.25) is 0 Å². The van der Waals surface area contributed by atoms with E-state index in [9.17, 15) is 9.59 Å². The molecule has 1 unspecified atom stereocenters. The number of hydrogen-bond donors (Lipinski definition) is 1. The van der Waals surface area contributed by atoms with Crippen LogP contribution in [0.15, 0.2) is 24.3 Å². The summed E-state index contributed by atoms with van der Waals surface area (Å²) in [6.07, 6.45) is 1.34. The third kappa shape index (κ3) is 3.60. The number of benzene rings is 1. The van der Waals surface area contributed by atoms with Crippen LogP contribution in [0, 0.1) is 0 Å². The van der Waals surface area contributed by atoms with E-state index in [1.54, 1.807) is 12.1 Å². The Labute approximate surface area is 135 Å². The highest BCUT2D eigenvalue weighted by molar-refractivity contribution is 6.05. The van der Waals surface area contributed by atoms with E-state index < -0.39 is 11.8 Å². The number of carbonyl (C=O) groups is 2. The molecule has 0 bridgehead atoms. The fourth-order valence-electron chi connectivity index (χ4n) is 2.98. The van der Waals surface area contributed by atoms with Crippen LogP contribution in [0.5, 0.6) is 0 Å². The second-order valence-corrected chi connectivity index (χ2v) is 5.88. The second-order valence-electron chi connectivity index (χ2n) is 5.88. The third-order valence-corrected chi connectivity index (χ3v) is 4.36. The summed E-state index contributed by atoms with van der Waals surface area (Å²) >= 11 is 0. The summed E-state index contributed by atoms with van der Waals surface area (Å²) in [6, 6.07) is 7.16. The zero-order valence-corrected chi connectivity index (χ0v) is 13.2. The molecule has 2 fully saturated rings. The molecule has 2 saturated heterocycles. The smallest absolute Gasteiger partial charge is 0.313 e. The molecule has 2 aliphatic rings. The van der Waals surface area contributed by atoms with Gasteiger partial charge in [0.1, 0.15) is 12.5 Å². The van der Waals surface area contributed by atoms with Crippen LogP contribution in [0.25, 0.3) is 0 Å². The summed E-state index contributed by atoms with van der Waals surface area (Å²) in [4.78, 5) is 23.1. The van der Waals surface area contributed by atoms with Gasteiger partial charge in [0.25, 0.3) is 0 Å². The predicted octanol–water partition coefficient (Wildman–Crippen LogP) is 1.60. The third-order valence-electron chi connectivity index (χ3n) is 4.36. The van der Waals surface area contributed by atoms with E-state index in [0.717, 1.165) is 31.5 Å². The molecule has 0 saturated carbocycles. The first-order chi connectivity index (χ1) is 11.1. The summed E-state index contributed by atoms with van der Waals surface area (Å²) < 4.78 is 16.5. The minimum Gasteiger partial charge on any atom is -0.469 e. The van der Waals surface area contributed by atoms with Gasteiger partial charge in [-0.05, 0) is 5.56 Å². The van der Waals surface area contributed by atoms with Gasteiger partial charge in [0, 0.05) is 31.5 Å². The molecule has 1 N–H and O–H groups in total. The van der Waals surface area contributed by atoms with Gasteiger partial charge in [-0.15, -0.1) is 0 Å². The first kappa shape index (κ1) is 16.1. The highest BCUT2D eigenvalue weighted by Gasteiger charge is 2.42. The standard InChI is InChI=1S/C17H21NO5/c1-21-16(20)10-14(19)12-2-4-13(5-3-12)15-11-22-17(23-15)6-8-18-9-7-17/h2-5,15,18H,6-11H2,1H3. The molecule has 0 aliphatic carbocycles. The molecular formula is C17H21NO5. The van der Waals surface area contributed by atoms with E-state index in [4.69, 9.17) is 9.47 Å². The summed E-state index contributed by atoms with van der Waals surface area (Å²) in [5, 5.41) is 3.30. The Balaban J connectivity index is 1.64. The van der Waals surface area contributed by atoms with Crippen molar-refractivity contribution >= 4 is 11.8 Å². The lowest BCUT2D eigenvalue weighted by Crippen LogP contribution is -2.42. The van der Waals surface area contributed by atoms with Crippen LogP contribution in [0.4, 0.5) is 0 Å². The lowest BCUT2D eigenvalue weighted by Gasteiger charge is -2.32. The number of rotatable bonds is 4. The van der Waals surface area contributed by atoms with E-state index in [2.05, 4.69) is 10.1 Å². The molecule has 6 heteroatoms. The topological polar surface area (TPSA) is 73.9 Å². The number of carbonyl (C=O) groups excluding carboxylic acids is 2. The molecule has 2 aliphatic heterocycles. The summed E-state index contributed by atoms with van der Waals surface area (Å²) in [5.41, 5.74) is 1.48. The van der Waals surface area contributed by atoms with Gasteiger partial charge >= 0.3 is 5.97 Å². The Hall–Kier alpha value is -1.76. The molecule has 1 aromatic rings. The molecular weight excluding hydrogens is 298 g/mol. The first-order valence-corrected chi connectivity index (χ1v) is 7.84. The van der Waals surface area contributed by atoms with Crippen molar-refractivity contribution in [3.05, 3.63) is 35.4 Å². The molecule has 3 rings (SSSR count). The molecule has 1 aromatic carbocycles. The highest BCUT2D eigenvalue weighted by Crippen LogP contribution is 2.38. The lowest BCUT2D eigenvalue weighted by molar-refractivity contribution is -0.183. The Morgan fingerprint density at radius 1 is 1.26 bits per heavy atom. The maximum Gasteiger partial charge on any atom is 0.313 e. The molecule has 0 aromatic heterocycles. The molecule has 1 spiro atoms. The zero-order chi connectivity index (χ0) is 16.3. The minimum absolute atomic E-state index is 0.113. The number of ether oxygens (including phenoxy) is 3. The van der Waals surface area contributed by atoms with E-state index >= 15 is 0 Å². The molecule has 23 heavy (non-hydrogen) atoms. The summed E-state index contributed by atoms with van der Waals surface area (Å²) in [6.45, 7) is 2.32. The number of methoxy groups -OCH3 is 1. The molecule has 124 valence electrons. The van der Waals surface area contributed by atoms with Crippen molar-refractivity contribution < 1.29 is 23.8 Å². The van der Waals surface area contributed by atoms with Crippen molar-refractivity contribution in [2.24, 2.45) is 0 Å². The van der Waals surface area contributed by atoms with Crippen molar-refractivity contribution in [1.82, 2.24) is 5.32 Å². The lowest BCUT2D eigenvalue weighted by atomic mass is 10.0. The van der Waals surface area contributed by atoms with Crippen LogP contribution in [0.2, 0.25) is 0 Å². The molecule has 0 radical (unpaired) electrons. The van der Waals surface area contributed by atoms with Gasteiger partial charge in [-0.1, -0.05) is 24.3 Å². The number of hydrogen-bond acceptors (Lipinski definition) is 6. The number of nitrogens with one attached hydrogen (secondary N) is 1. The first-order valence-electron chi connectivity index (χ1n) is 7.84. The van der Waals surface area contributed by atoms with Gasteiger partial charge in [-0.25, -0.2) is 0 Å². The highest BCUT2D eigenvalue weighted by atomic mass is 16.7. The number of ketones is 1. The van der Waals surface area contributed by atoms with Gasteiger partial charge in [-0.3, -0.25) is 9.59 Å². The average Bonchev–Trinajstić information content (AvgIpc) is 2.99. The van der Waals surface area contributed by atoms with E-state index in [-0.39, 0.29) is 18.3 Å². The van der Waals surface area contributed by atoms with Crippen LogP contribution < -0.4 is 5.32 Å². The Kier molecular flexibility index (Phi) is 4.75. The van der Waals surface area contributed by atoms with Crippen molar-refractivity contribution in [2.45, 2.75) is 31.2 Å². The maximum atomic E-state index is 11.9. The largest absolute Gasteiger partial charge is 0.469 e. The summed E-state index contributed by atoms with van der Waals surface area (Å²) in [5.74, 6) is -1.24. The summed E-state index contributed by atoms with van der Waals surface area (Å²) in [7, 11) is 1.27. The van der Waals surface area contributed by atoms with Crippen LogP contribution in [-0.4, -0.2) is 44.3 Å². The van der Waals surface area contributed by atoms with Crippen molar-refractivity contribution in [3.8, 4) is 0 Å². The normalized spacial score (nSPS) is 22.9. The van der Waals surface area contributed by atoms with Crippen LogP contribution in [-0.2, 0) is 19.0 Å². The van der Waals surface area contributed by atoms with Crippen LogP contribution in [0.1, 0.15) is 41.3 Å². The second kappa shape index (κ2) is 6.78. The number of piperidine rings is 1. The zero-order valence-electron chi connectivity index (χ0n) is 13.2. The van der Waals surface area contributed by atoms with E-state index in [1.807, 2.05) is 12.1 Å². The fourth-order valence-corrected chi connectivity index (χ4v) is 2.98. The Morgan fingerprint density at radius 3 is 2.61 bits per heavy atom. The van der Waals surface area contributed by atoms with Gasteiger partial charge < -0.3 is 19.5 Å². The molecule has 0 amide bonds. The van der Waals surface area contributed by atoms with E-state index in [0.29, 0.717) is 12.2 Å². The van der Waals surface area contributed by atoms with Crippen molar-refractivity contribution in [1.29, 1.82) is 0 Å². The van der Waals surface area contributed by atoms with Gasteiger partial charge in [0.05, 0.1) is 13.7 Å². The molecule has 6 nitrogen and oxygen atoms in total. The van der Waals surface area contributed by atoms with E-state index in [1.165, 1.54) is 7.11 Å². The van der Waals surface area contributed by atoms with Crippen LogP contribution in [0.3, 0.4) is 0 Å². The van der Waals surface area contributed by atoms with Crippen molar-refractivity contribution in [2.75, 3.05) is 26.8 Å². The Morgan fingerprint density at radius 2 is 1.96 bits per heavy atom. The number of esters is 1. The monoisotopic (exact) mass is 319 g/mol. The maximum absolute atomic E-state index is 11.9. The predicted molar refractivity (Wildman–Crippen MR) is 82.0 cm³/mol. The quantitative estimate of drug-likeness (QED) is 0.516. The average molecular weight is 319 g/mol. The van der Waals surface area contributed by atoms with Crippen molar-refractivity contribution in [3.63, 3.8) is 0 Å². The molecule has 1 atom stereocenters. The minimum atomic E-state index is -0.528. The van der Waals surface area contributed by atoms with Gasteiger partial charge in [-0.2, -0.15) is 0 Å². The van der Waals surface area contributed by atoms with Gasteiger partial charge in [0.15, 0.2) is 11.6 Å². The molecule has 2 heterocycles. The Bertz CT molecular complexity index is 577. The van der Waals surface area contributed by atoms with Crippen LogP contribution >= 0.6 is 0 Å². The SMILES string of the molecule is COC(=O)CC(=O)c1ccc(C2COC3(CCNCC3)O2)cc1.